The largest absolute Gasteiger partial charge is 1.00 e. The minimum Gasteiger partial charge on any atom is -0.542 e. The summed E-state index contributed by atoms with van der Waals surface area (Å²) in [5, 5.41) is 17.6. The van der Waals surface area contributed by atoms with Crippen LogP contribution >= 0.6 is 0 Å². The third-order valence-corrected chi connectivity index (χ3v) is 15.2. The van der Waals surface area contributed by atoms with Crippen LogP contribution in [0.3, 0.4) is 0 Å². The normalized spacial score (nSPS) is 25.1. The van der Waals surface area contributed by atoms with Gasteiger partial charge in [-0.1, -0.05) is 85.2 Å². The number of esters is 1. The number of carbonyl (C=O) groups excluding carboxylic acids is 6. The van der Waals surface area contributed by atoms with E-state index in [-0.39, 0.29) is 95.4 Å². The number of halogens is 3. The fourth-order valence-electron chi connectivity index (χ4n) is 12.2. The molecule has 1 saturated heterocycles. The Morgan fingerprint density at radius 1 is 0.871 bits per heavy atom. The Labute approximate surface area is 435 Å². The summed E-state index contributed by atoms with van der Waals surface area (Å²) in [5.41, 5.74) is 0.491. The predicted octanol–water partition coefficient (Wildman–Crippen LogP) is 1.83. The molecular formula is C51H79F3N5NaO10. The number of benzene rings is 1. The van der Waals surface area contributed by atoms with Gasteiger partial charge in [0.15, 0.2) is 0 Å². The van der Waals surface area contributed by atoms with Crippen LogP contribution in [0.25, 0.3) is 0 Å². The number of imide groups is 1. The van der Waals surface area contributed by atoms with E-state index in [0.717, 1.165) is 37.7 Å². The number of aliphatic carboxylic acids is 1. The first kappa shape index (κ1) is 61.2. The first-order valence-corrected chi connectivity index (χ1v) is 24.8. The number of likely N-dealkylation sites (tertiary alicyclic amines) is 1. The number of carboxylic acids is 1. The monoisotopic (exact) mass is 1000 g/mol. The maximum atomic E-state index is 14.5. The van der Waals surface area contributed by atoms with Crippen molar-refractivity contribution in [2.24, 2.45) is 41.4 Å². The zero-order valence-corrected chi connectivity index (χ0v) is 45.6. The number of rotatable bonds is 22. The van der Waals surface area contributed by atoms with Crippen LogP contribution in [0.4, 0.5) is 13.2 Å². The van der Waals surface area contributed by atoms with E-state index in [1.807, 2.05) is 81.8 Å². The molecular weight excluding hydrogens is 923 g/mol. The van der Waals surface area contributed by atoms with E-state index in [2.05, 4.69) is 29.8 Å². The third kappa shape index (κ3) is 15.9. The summed E-state index contributed by atoms with van der Waals surface area (Å²) in [5.74, 6) is -3.57. The predicted molar refractivity (Wildman–Crippen MR) is 251 cm³/mol. The van der Waals surface area contributed by atoms with Crippen LogP contribution in [0, 0.1) is 41.4 Å². The second kappa shape index (κ2) is 27.2. The number of ether oxygens (including phenoxy) is 3. The smallest absolute Gasteiger partial charge is 0.542 e. The first-order chi connectivity index (χ1) is 32.4. The first-order valence-electron chi connectivity index (χ1n) is 24.8. The zero-order valence-electron chi connectivity index (χ0n) is 43.6. The summed E-state index contributed by atoms with van der Waals surface area (Å²) in [4.78, 5) is 82.6. The summed E-state index contributed by atoms with van der Waals surface area (Å²) in [6.45, 7) is 14.3. The van der Waals surface area contributed by atoms with Gasteiger partial charge in [-0.25, -0.2) is 4.79 Å². The number of likely N-dealkylation sites (N-methyl/N-ethyl adjacent to an activating group) is 2. The molecule has 15 nitrogen and oxygen atoms in total. The van der Waals surface area contributed by atoms with Crippen molar-refractivity contribution in [2.75, 3.05) is 34.9 Å². The van der Waals surface area contributed by atoms with Crippen molar-refractivity contribution in [3.8, 4) is 0 Å². The van der Waals surface area contributed by atoms with Crippen LogP contribution in [0.1, 0.15) is 118 Å². The summed E-state index contributed by atoms with van der Waals surface area (Å²) in [7, 11) is 6.76. The SMILES string of the molecule is CC[C@H](C)[C@@H]([C@@H](CC(=O)N1CCC[C@H]1[C@H](OC)[C@@H](C)C(=O)N[C@@H](Cc1ccccc1)C(=O)OC12CC3CC(CC(C3)C1)C2)OC)N(C)[C@H](C(=O)NC(=O)[C@@H](NC)C(C)C)C(C)C.O=C([O-])C(F)(F)F.[Na+]. The molecule has 1 heterocycles. The van der Waals surface area contributed by atoms with Crippen LogP contribution in [0.2, 0.25) is 0 Å². The fourth-order valence-corrected chi connectivity index (χ4v) is 12.2. The molecule has 4 aliphatic carbocycles. The number of carbonyl (C=O) groups is 6. The molecule has 3 N–H and O–H groups in total. The van der Waals surface area contributed by atoms with Gasteiger partial charge in [-0.05, 0) is 107 Å². The molecule has 6 rings (SSSR count). The van der Waals surface area contributed by atoms with Crippen molar-refractivity contribution in [1.29, 1.82) is 0 Å². The molecule has 1 aromatic carbocycles. The van der Waals surface area contributed by atoms with Crippen LogP contribution in [0.5, 0.6) is 0 Å². The Morgan fingerprint density at radius 3 is 1.89 bits per heavy atom. The fraction of sp³-hybridized carbons (Fsp3) is 0.765. The molecule has 70 heavy (non-hydrogen) atoms. The molecule has 1 aliphatic heterocycles. The molecule has 0 radical (unpaired) electrons. The average Bonchev–Trinajstić information content (AvgIpc) is 3.75. The van der Waals surface area contributed by atoms with Crippen LogP contribution < -0.4 is 50.6 Å². The molecule has 1 aromatic rings. The number of nitrogens with one attached hydrogen (secondary N) is 3. The van der Waals surface area contributed by atoms with E-state index in [4.69, 9.17) is 24.1 Å². The van der Waals surface area contributed by atoms with Gasteiger partial charge in [-0.3, -0.25) is 29.4 Å². The van der Waals surface area contributed by atoms with E-state index in [1.165, 1.54) is 19.3 Å². The minimum absolute atomic E-state index is 0. The molecule has 4 amide bonds. The molecule has 0 spiro atoms. The molecule has 9 atom stereocenters. The number of hydrogen-bond acceptors (Lipinski definition) is 12. The average molecular weight is 1000 g/mol. The van der Waals surface area contributed by atoms with E-state index >= 15 is 0 Å². The molecule has 4 saturated carbocycles. The maximum Gasteiger partial charge on any atom is 1.00 e. The van der Waals surface area contributed by atoms with Crippen molar-refractivity contribution in [3.63, 3.8) is 0 Å². The van der Waals surface area contributed by atoms with Crippen molar-refractivity contribution in [1.82, 2.24) is 25.8 Å². The second-order valence-electron chi connectivity index (χ2n) is 20.9. The van der Waals surface area contributed by atoms with Crippen LogP contribution in [-0.2, 0) is 49.4 Å². The van der Waals surface area contributed by atoms with Crippen LogP contribution in [0.15, 0.2) is 30.3 Å². The van der Waals surface area contributed by atoms with E-state index < -0.39 is 54.0 Å². The number of amides is 4. The molecule has 4 bridgehead atoms. The van der Waals surface area contributed by atoms with Crippen molar-refractivity contribution >= 4 is 35.6 Å². The summed E-state index contributed by atoms with van der Waals surface area (Å²) < 4.78 is 50.3. The standard InChI is InChI=1S/C49H79N5O8.C2HF3O2.Na/c1-12-31(6)43(53(9)42(30(4)5)47(58)52-46(57)41(50-8)29(2)3)39(60-10)25-40(55)54-20-16-19-38(54)44(61-11)32(7)45(56)51-37(24-33-17-14-13-15-18-33)48(59)62-49-26-34-21-35(27-49)23-36(22-34)28-49;3-2(4,5)1(6)7;/h13-15,17-18,29-32,34-39,41-44,50H,12,16,19-28H2,1-11H3,(H,51,56)(H,52,57,58);(H,6,7);/q;;+1/p-1/t31-,32+,34?,35?,36?,37-,38-,39+,41-,42-,43-,44+,49?;;/m0../s1. The Morgan fingerprint density at radius 2 is 1.43 bits per heavy atom. The number of nitrogens with zero attached hydrogens (tertiary/aromatic N) is 2. The molecule has 0 unspecified atom stereocenters. The van der Waals surface area contributed by atoms with Crippen molar-refractivity contribution < 1.29 is 90.8 Å². The van der Waals surface area contributed by atoms with Gasteiger partial charge in [-0.15, -0.1) is 0 Å². The van der Waals surface area contributed by atoms with Gasteiger partial charge in [0.25, 0.3) is 0 Å². The molecule has 5 fully saturated rings. The number of carboxylic acid groups (broad SMARTS) is 1. The van der Waals surface area contributed by atoms with Gasteiger partial charge in [0.05, 0.1) is 42.7 Å². The number of hydrogen-bond donors (Lipinski definition) is 3. The quantitative estimate of drug-likeness (QED) is 0.113. The number of methoxy groups -OCH3 is 2. The van der Waals surface area contributed by atoms with E-state index in [1.54, 1.807) is 21.3 Å². The Bertz CT molecular complexity index is 1860. The van der Waals surface area contributed by atoms with Gasteiger partial charge in [0.2, 0.25) is 23.6 Å². The summed E-state index contributed by atoms with van der Waals surface area (Å²) in [6.07, 6.45) is 2.57. The maximum absolute atomic E-state index is 14.5. The topological polar surface area (TPSA) is 196 Å². The van der Waals surface area contributed by atoms with Gasteiger partial charge in [-0.2, -0.15) is 13.2 Å². The second-order valence-corrected chi connectivity index (χ2v) is 20.9. The van der Waals surface area contributed by atoms with Gasteiger partial charge in [0, 0.05) is 33.2 Å². The third-order valence-electron chi connectivity index (χ3n) is 15.2. The van der Waals surface area contributed by atoms with Crippen molar-refractivity contribution in [3.05, 3.63) is 35.9 Å². The summed E-state index contributed by atoms with van der Waals surface area (Å²) in [6, 6.07) is 6.95. The molecule has 0 aromatic heterocycles. The Hall–Kier alpha value is -3.13. The Kier molecular flexibility index (Phi) is 23.8. The van der Waals surface area contributed by atoms with Gasteiger partial charge < -0.3 is 39.6 Å². The minimum atomic E-state index is -5.19. The van der Waals surface area contributed by atoms with E-state index in [0.29, 0.717) is 37.1 Å². The molecule has 390 valence electrons. The van der Waals surface area contributed by atoms with Crippen LogP contribution in [-0.4, -0.2) is 134 Å². The van der Waals surface area contributed by atoms with E-state index in [9.17, 15) is 37.1 Å². The molecule has 5 aliphatic rings. The Balaban J connectivity index is 0.00000150. The zero-order chi connectivity index (χ0) is 51.5. The molecule has 19 heteroatoms. The summed E-state index contributed by atoms with van der Waals surface area (Å²) >= 11 is 0. The van der Waals surface area contributed by atoms with Crippen molar-refractivity contribution in [2.45, 2.75) is 173 Å². The van der Waals surface area contributed by atoms with Gasteiger partial charge in [0.1, 0.15) is 17.6 Å². The number of alkyl halides is 3. The van der Waals surface area contributed by atoms with Gasteiger partial charge >= 0.3 is 41.7 Å².